The Kier molecular flexibility index (Phi) is 3.59. The lowest BCUT2D eigenvalue weighted by Crippen LogP contribution is -2.35. The van der Waals surface area contributed by atoms with Crippen LogP contribution in [0.2, 0.25) is 0 Å². The molecule has 24 heavy (non-hydrogen) atoms. The van der Waals surface area contributed by atoms with Crippen molar-refractivity contribution in [3.05, 3.63) is 60.4 Å². The Morgan fingerprint density at radius 3 is 2.83 bits per heavy atom. The molecular formula is C17H14N2O4S. The largest absolute Gasteiger partial charge is 0.465 e. The van der Waals surface area contributed by atoms with Gasteiger partial charge >= 0.3 is 6.09 Å². The third kappa shape index (κ3) is 2.38. The molecule has 1 unspecified atom stereocenters. The van der Waals surface area contributed by atoms with Crippen molar-refractivity contribution in [1.29, 1.82) is 0 Å². The highest BCUT2D eigenvalue weighted by Crippen LogP contribution is 2.48. The van der Waals surface area contributed by atoms with Gasteiger partial charge in [0.15, 0.2) is 5.50 Å². The van der Waals surface area contributed by atoms with E-state index in [-0.39, 0.29) is 12.1 Å². The van der Waals surface area contributed by atoms with Crippen LogP contribution in [-0.2, 0) is 6.61 Å². The van der Waals surface area contributed by atoms with Crippen molar-refractivity contribution in [2.75, 3.05) is 4.90 Å². The van der Waals surface area contributed by atoms with Crippen molar-refractivity contribution in [2.24, 2.45) is 0 Å². The van der Waals surface area contributed by atoms with Gasteiger partial charge in [-0.3, -0.25) is 4.90 Å². The van der Waals surface area contributed by atoms with Crippen LogP contribution in [0.1, 0.15) is 5.56 Å². The maximum atomic E-state index is 11.3. The van der Waals surface area contributed by atoms with Gasteiger partial charge in [0.05, 0.1) is 12.3 Å². The SMILES string of the molecule is O=C(O)N1C=CN2c3cc(Oc4ccccc4CO)ccc3SC12. The van der Waals surface area contributed by atoms with E-state index in [0.29, 0.717) is 17.1 Å². The van der Waals surface area contributed by atoms with Crippen molar-refractivity contribution < 1.29 is 19.7 Å². The highest BCUT2D eigenvalue weighted by atomic mass is 32.2. The normalized spacial score (nSPS) is 17.8. The topological polar surface area (TPSA) is 73.2 Å². The van der Waals surface area contributed by atoms with Gasteiger partial charge in [-0.25, -0.2) is 4.79 Å². The number of carbonyl (C=O) groups is 1. The van der Waals surface area contributed by atoms with Gasteiger partial charge in [0.2, 0.25) is 0 Å². The Hall–Kier alpha value is -2.64. The van der Waals surface area contributed by atoms with Gasteiger partial charge in [-0.15, -0.1) is 0 Å². The van der Waals surface area contributed by atoms with E-state index in [1.807, 2.05) is 41.3 Å². The minimum Gasteiger partial charge on any atom is -0.465 e. The summed E-state index contributed by atoms with van der Waals surface area (Å²) < 4.78 is 5.90. The average Bonchev–Trinajstić information content (AvgIpc) is 3.14. The van der Waals surface area contributed by atoms with E-state index in [1.54, 1.807) is 18.5 Å². The number of amides is 1. The number of aliphatic hydroxyl groups excluding tert-OH is 1. The maximum absolute atomic E-state index is 11.3. The number of carboxylic acid groups (broad SMARTS) is 1. The zero-order valence-corrected chi connectivity index (χ0v) is 13.3. The van der Waals surface area contributed by atoms with Crippen LogP contribution in [0.5, 0.6) is 11.5 Å². The average molecular weight is 342 g/mol. The van der Waals surface area contributed by atoms with Crippen LogP contribution in [0, 0.1) is 0 Å². The zero-order chi connectivity index (χ0) is 16.7. The first-order chi connectivity index (χ1) is 11.7. The van der Waals surface area contributed by atoms with Crippen LogP contribution in [-0.4, -0.2) is 26.7 Å². The van der Waals surface area contributed by atoms with E-state index in [9.17, 15) is 15.0 Å². The van der Waals surface area contributed by atoms with Crippen LogP contribution in [0.15, 0.2) is 59.8 Å². The van der Waals surface area contributed by atoms with Crippen molar-refractivity contribution in [3.8, 4) is 11.5 Å². The van der Waals surface area contributed by atoms with Crippen molar-refractivity contribution in [1.82, 2.24) is 4.90 Å². The number of hydrogen-bond acceptors (Lipinski definition) is 5. The molecule has 0 fully saturated rings. The van der Waals surface area contributed by atoms with Crippen LogP contribution < -0.4 is 9.64 Å². The van der Waals surface area contributed by atoms with Gasteiger partial charge in [0.25, 0.3) is 0 Å². The smallest absolute Gasteiger partial charge is 0.413 e. The van der Waals surface area contributed by atoms with E-state index >= 15 is 0 Å². The molecule has 0 aromatic heterocycles. The Morgan fingerprint density at radius 2 is 2.04 bits per heavy atom. The Morgan fingerprint density at radius 1 is 1.21 bits per heavy atom. The predicted molar refractivity (Wildman–Crippen MR) is 90.0 cm³/mol. The summed E-state index contributed by atoms with van der Waals surface area (Å²) in [5.74, 6) is 1.24. The lowest BCUT2D eigenvalue weighted by atomic mass is 10.2. The fraction of sp³-hybridized carbons (Fsp3) is 0.118. The molecule has 122 valence electrons. The van der Waals surface area contributed by atoms with Gasteiger partial charge < -0.3 is 19.8 Å². The summed E-state index contributed by atoms with van der Waals surface area (Å²) in [5.41, 5.74) is 1.31. The maximum Gasteiger partial charge on any atom is 0.413 e. The first-order valence-corrected chi connectivity index (χ1v) is 8.20. The fourth-order valence-corrected chi connectivity index (χ4v) is 3.96. The molecule has 2 aliphatic heterocycles. The number of anilines is 1. The Balaban J connectivity index is 1.62. The van der Waals surface area contributed by atoms with Crippen molar-refractivity contribution in [3.63, 3.8) is 0 Å². The highest BCUT2D eigenvalue weighted by Gasteiger charge is 2.39. The van der Waals surface area contributed by atoms with Gasteiger partial charge in [-0.1, -0.05) is 30.0 Å². The van der Waals surface area contributed by atoms with E-state index in [1.165, 1.54) is 16.7 Å². The molecule has 2 aromatic carbocycles. The van der Waals surface area contributed by atoms with Crippen molar-refractivity contribution >= 4 is 23.5 Å². The number of ether oxygens (including phenoxy) is 1. The second-order valence-corrected chi connectivity index (χ2v) is 6.43. The minimum atomic E-state index is -0.979. The molecule has 0 saturated heterocycles. The van der Waals surface area contributed by atoms with E-state index in [4.69, 9.17) is 4.74 Å². The van der Waals surface area contributed by atoms with Gasteiger partial charge in [0.1, 0.15) is 11.5 Å². The van der Waals surface area contributed by atoms with Gasteiger partial charge in [-0.05, 0) is 18.2 Å². The van der Waals surface area contributed by atoms with E-state index in [0.717, 1.165) is 10.6 Å². The second kappa shape index (κ2) is 5.77. The monoisotopic (exact) mass is 342 g/mol. The first-order valence-electron chi connectivity index (χ1n) is 7.32. The Labute approximate surface area is 142 Å². The van der Waals surface area contributed by atoms with E-state index in [2.05, 4.69) is 0 Å². The lowest BCUT2D eigenvalue weighted by Gasteiger charge is -2.21. The summed E-state index contributed by atoms with van der Waals surface area (Å²) >= 11 is 1.48. The summed E-state index contributed by atoms with van der Waals surface area (Å²) in [6, 6.07) is 13.0. The summed E-state index contributed by atoms with van der Waals surface area (Å²) in [4.78, 5) is 15.4. The number of hydrogen-bond donors (Lipinski definition) is 2. The number of benzene rings is 2. The summed E-state index contributed by atoms with van der Waals surface area (Å²) in [5, 5.41) is 18.6. The summed E-state index contributed by atoms with van der Waals surface area (Å²) in [6.07, 6.45) is 2.33. The third-order valence-corrected chi connectivity index (χ3v) is 5.16. The number of para-hydroxylation sites is 1. The molecule has 0 radical (unpaired) electrons. The van der Waals surface area contributed by atoms with Crippen LogP contribution in [0.4, 0.5) is 10.5 Å². The first kappa shape index (κ1) is 14.9. The fourth-order valence-electron chi connectivity index (χ4n) is 2.73. The molecule has 2 N–H and O–H groups in total. The minimum absolute atomic E-state index is 0.0958. The third-order valence-electron chi connectivity index (χ3n) is 3.90. The van der Waals surface area contributed by atoms with Gasteiger partial charge in [-0.2, -0.15) is 0 Å². The predicted octanol–water partition coefficient (Wildman–Crippen LogP) is 3.63. The summed E-state index contributed by atoms with van der Waals surface area (Å²) in [6.45, 7) is -0.0958. The molecule has 1 atom stereocenters. The van der Waals surface area contributed by atoms with E-state index < -0.39 is 6.09 Å². The van der Waals surface area contributed by atoms with Gasteiger partial charge in [0, 0.05) is 28.9 Å². The zero-order valence-electron chi connectivity index (χ0n) is 12.5. The van der Waals surface area contributed by atoms with Crippen LogP contribution in [0.3, 0.4) is 0 Å². The molecule has 0 spiro atoms. The standard InChI is InChI=1S/C17H14N2O4S/c20-10-11-3-1-2-4-14(11)23-12-5-6-15-13(9-12)18-7-8-19(17(21)22)16(18)24-15/h1-9,16,20H,10H2,(H,21,22). The highest BCUT2D eigenvalue weighted by molar-refractivity contribution is 8.00. The molecule has 0 bridgehead atoms. The second-order valence-electron chi connectivity index (χ2n) is 5.34. The number of thioether (sulfide) groups is 1. The molecule has 7 heteroatoms. The molecule has 0 saturated carbocycles. The molecule has 2 aliphatic rings. The quantitative estimate of drug-likeness (QED) is 0.887. The number of fused-ring (bicyclic) bond motifs is 3. The lowest BCUT2D eigenvalue weighted by molar-refractivity contribution is 0.163. The molecule has 0 aliphatic carbocycles. The molecule has 6 nitrogen and oxygen atoms in total. The molecular weight excluding hydrogens is 328 g/mol. The van der Waals surface area contributed by atoms with Crippen LogP contribution in [0.25, 0.3) is 0 Å². The number of rotatable bonds is 3. The molecule has 2 aromatic rings. The molecule has 2 heterocycles. The van der Waals surface area contributed by atoms with Crippen LogP contribution >= 0.6 is 11.8 Å². The molecule has 1 amide bonds. The Bertz CT molecular complexity index is 839. The summed E-state index contributed by atoms with van der Waals surface area (Å²) in [7, 11) is 0. The molecule has 4 rings (SSSR count). The number of aliphatic hydroxyl groups is 1. The van der Waals surface area contributed by atoms with Crippen molar-refractivity contribution in [2.45, 2.75) is 17.0 Å². The number of nitrogens with zero attached hydrogens (tertiary/aromatic N) is 2.